The zero-order valence-corrected chi connectivity index (χ0v) is 18.2. The Morgan fingerprint density at radius 2 is 1.89 bits per heavy atom. The van der Waals surface area contributed by atoms with Crippen LogP contribution in [0.1, 0.15) is 32.4 Å². The third kappa shape index (κ3) is 7.31. The van der Waals surface area contributed by atoms with Gasteiger partial charge in [0.15, 0.2) is 5.78 Å². The summed E-state index contributed by atoms with van der Waals surface area (Å²) in [4.78, 5) is 17.3. The second-order valence-corrected chi connectivity index (χ2v) is 9.71. The van der Waals surface area contributed by atoms with Gasteiger partial charge < -0.3 is 5.32 Å². The summed E-state index contributed by atoms with van der Waals surface area (Å²) in [6, 6.07) is 10.3. The van der Waals surface area contributed by atoms with E-state index in [0.29, 0.717) is 6.54 Å². The third-order valence-corrected chi connectivity index (χ3v) is 6.62. The van der Waals surface area contributed by atoms with Gasteiger partial charge in [0, 0.05) is 25.5 Å². The molecule has 150 valence electrons. The maximum atomic E-state index is 12.3. The minimum absolute atomic E-state index is 0. The minimum atomic E-state index is -3.57. The molecule has 0 fully saturated rings. The lowest BCUT2D eigenvalue weighted by atomic mass is 10.1. The number of sulfonamides is 1. The molecule has 0 aliphatic rings. The van der Waals surface area contributed by atoms with Gasteiger partial charge in [-0.15, -0.1) is 23.7 Å². The van der Waals surface area contributed by atoms with Crippen LogP contribution in [0.3, 0.4) is 0 Å². The van der Waals surface area contributed by atoms with E-state index in [4.69, 9.17) is 0 Å². The van der Waals surface area contributed by atoms with Crippen LogP contribution in [0.15, 0.2) is 30.3 Å². The number of benzene rings is 1. The van der Waals surface area contributed by atoms with E-state index in [1.54, 1.807) is 6.92 Å². The van der Waals surface area contributed by atoms with Crippen molar-refractivity contribution in [1.29, 1.82) is 0 Å². The molecule has 1 heterocycles. The molecule has 0 saturated heterocycles. The summed E-state index contributed by atoms with van der Waals surface area (Å²) in [5.41, 5.74) is 1.58. The smallest absolute Gasteiger partial charge is 0.221 e. The number of thiazole rings is 1. The number of aromatic nitrogens is 1. The number of rotatable bonds is 10. The van der Waals surface area contributed by atoms with Gasteiger partial charge in [-0.1, -0.05) is 30.3 Å². The summed E-state index contributed by atoms with van der Waals surface area (Å²) in [6.45, 7) is 3.23. The molecule has 2 rings (SSSR count). The van der Waals surface area contributed by atoms with E-state index in [2.05, 4.69) is 22.4 Å². The molecule has 1 N–H and O–H groups in total. The fourth-order valence-electron chi connectivity index (χ4n) is 2.41. The number of hydrogen-bond donors (Lipinski definition) is 1. The first-order valence-corrected chi connectivity index (χ1v) is 10.9. The van der Waals surface area contributed by atoms with Crippen LogP contribution in [0.5, 0.6) is 0 Å². The molecule has 0 bridgehead atoms. The van der Waals surface area contributed by atoms with Crippen LogP contribution >= 0.6 is 23.7 Å². The zero-order valence-electron chi connectivity index (χ0n) is 15.8. The highest BCUT2D eigenvalue weighted by atomic mass is 35.5. The maximum Gasteiger partial charge on any atom is 0.221 e. The molecule has 0 aliphatic carbocycles. The van der Waals surface area contributed by atoms with E-state index in [9.17, 15) is 13.2 Å². The Hall–Kier alpha value is -1.32. The molecule has 0 unspecified atom stereocenters. The van der Waals surface area contributed by atoms with E-state index in [-0.39, 0.29) is 18.1 Å². The Bertz CT molecular complexity index is 837. The number of nitrogens with one attached hydrogen (secondary N) is 1. The van der Waals surface area contributed by atoms with Gasteiger partial charge >= 0.3 is 0 Å². The standard InChI is InChI=1S/C18H25N3O3S2.ClH/c1-14-18(16(22)13-26(23,24)21(2)3)20-17(25-14)12-19-11-7-10-15-8-5-4-6-9-15;/h4-6,8-9,19H,7,10-13H2,1-3H3;1H. The average molecular weight is 432 g/mol. The molecule has 0 atom stereocenters. The lowest BCUT2D eigenvalue weighted by Crippen LogP contribution is -2.29. The first-order valence-electron chi connectivity index (χ1n) is 8.44. The monoisotopic (exact) mass is 431 g/mol. The first-order chi connectivity index (χ1) is 12.3. The van der Waals surface area contributed by atoms with Gasteiger partial charge in [0.05, 0.1) is 0 Å². The number of Topliss-reactive ketones (excluding diaryl/α,β-unsaturated/α-hetero) is 1. The lowest BCUT2D eigenvalue weighted by molar-refractivity contribution is 0.101. The van der Waals surface area contributed by atoms with Crippen LogP contribution in [0.4, 0.5) is 0 Å². The van der Waals surface area contributed by atoms with Crippen LogP contribution < -0.4 is 5.32 Å². The summed E-state index contributed by atoms with van der Waals surface area (Å²) < 4.78 is 24.8. The van der Waals surface area contributed by atoms with Gasteiger partial charge in [0.1, 0.15) is 16.5 Å². The van der Waals surface area contributed by atoms with Crippen molar-refractivity contribution in [3.05, 3.63) is 51.5 Å². The molecule has 6 nitrogen and oxygen atoms in total. The Morgan fingerprint density at radius 3 is 2.52 bits per heavy atom. The van der Waals surface area contributed by atoms with E-state index in [0.717, 1.165) is 33.6 Å². The third-order valence-electron chi connectivity index (χ3n) is 3.91. The van der Waals surface area contributed by atoms with Gasteiger partial charge in [-0.3, -0.25) is 4.79 Å². The topological polar surface area (TPSA) is 79.4 Å². The summed E-state index contributed by atoms with van der Waals surface area (Å²) >= 11 is 1.43. The fourth-order valence-corrected chi connectivity index (χ4v) is 4.05. The molecule has 1 aromatic carbocycles. The number of aryl methyl sites for hydroxylation is 2. The molecular formula is C18H26ClN3O3S2. The fraction of sp³-hybridized carbons (Fsp3) is 0.444. The predicted molar refractivity (Wildman–Crippen MR) is 112 cm³/mol. The number of halogens is 1. The van der Waals surface area contributed by atoms with Crippen LogP contribution in [0.25, 0.3) is 0 Å². The van der Waals surface area contributed by atoms with Crippen LogP contribution in [-0.2, 0) is 23.0 Å². The summed E-state index contributed by atoms with van der Waals surface area (Å²) in [6.07, 6.45) is 2.03. The first kappa shape index (κ1) is 23.7. The Labute approximate surface area is 171 Å². The van der Waals surface area contributed by atoms with Crippen molar-refractivity contribution < 1.29 is 13.2 Å². The average Bonchev–Trinajstić information content (AvgIpc) is 2.96. The van der Waals surface area contributed by atoms with Crippen molar-refractivity contribution >= 4 is 39.6 Å². The summed E-state index contributed by atoms with van der Waals surface area (Å²) in [5, 5.41) is 4.13. The second-order valence-electron chi connectivity index (χ2n) is 6.24. The highest BCUT2D eigenvalue weighted by Crippen LogP contribution is 2.18. The zero-order chi connectivity index (χ0) is 19.2. The van der Waals surface area contributed by atoms with Crippen molar-refractivity contribution in [2.24, 2.45) is 0 Å². The number of carbonyl (C=O) groups excluding carboxylic acids is 1. The molecule has 1 aromatic heterocycles. The van der Waals surface area contributed by atoms with Crippen LogP contribution in [0.2, 0.25) is 0 Å². The van der Waals surface area contributed by atoms with E-state index < -0.39 is 21.6 Å². The Kier molecular flexibility index (Phi) is 9.55. The summed E-state index contributed by atoms with van der Waals surface area (Å²) in [7, 11) is -0.735. The normalized spacial score (nSPS) is 11.4. The molecule has 0 amide bonds. The number of carbonyl (C=O) groups is 1. The molecule has 0 radical (unpaired) electrons. The number of nitrogens with zero attached hydrogens (tertiary/aromatic N) is 2. The maximum absolute atomic E-state index is 12.3. The molecule has 0 aliphatic heterocycles. The van der Waals surface area contributed by atoms with Gasteiger partial charge in [-0.2, -0.15) is 0 Å². The van der Waals surface area contributed by atoms with E-state index >= 15 is 0 Å². The van der Waals surface area contributed by atoms with E-state index in [1.165, 1.54) is 31.0 Å². The molecule has 0 spiro atoms. The second kappa shape index (κ2) is 10.9. The van der Waals surface area contributed by atoms with Crippen molar-refractivity contribution in [2.45, 2.75) is 26.3 Å². The SMILES string of the molecule is Cc1sc(CNCCCc2ccccc2)nc1C(=O)CS(=O)(=O)N(C)C.Cl. The van der Waals surface area contributed by atoms with E-state index in [1.807, 2.05) is 18.2 Å². The molecule has 27 heavy (non-hydrogen) atoms. The Morgan fingerprint density at radius 1 is 1.22 bits per heavy atom. The van der Waals surface area contributed by atoms with Gasteiger partial charge in [-0.05, 0) is 31.9 Å². The largest absolute Gasteiger partial charge is 0.310 e. The highest BCUT2D eigenvalue weighted by molar-refractivity contribution is 7.89. The molecule has 9 heteroatoms. The molecular weight excluding hydrogens is 406 g/mol. The number of hydrogen-bond acceptors (Lipinski definition) is 6. The Balaban J connectivity index is 0.00000364. The summed E-state index contributed by atoms with van der Waals surface area (Å²) in [5.74, 6) is -1.00. The van der Waals surface area contributed by atoms with Crippen molar-refractivity contribution in [3.8, 4) is 0 Å². The van der Waals surface area contributed by atoms with Gasteiger partial charge in [0.2, 0.25) is 10.0 Å². The molecule has 2 aromatic rings. The minimum Gasteiger partial charge on any atom is -0.310 e. The molecule has 0 saturated carbocycles. The quantitative estimate of drug-likeness (QED) is 0.462. The van der Waals surface area contributed by atoms with Crippen LogP contribution in [0, 0.1) is 6.92 Å². The highest BCUT2D eigenvalue weighted by Gasteiger charge is 2.23. The van der Waals surface area contributed by atoms with Crippen molar-refractivity contribution in [2.75, 3.05) is 26.4 Å². The number of ketones is 1. The van der Waals surface area contributed by atoms with Crippen LogP contribution in [-0.4, -0.2) is 49.9 Å². The predicted octanol–water partition coefficient (Wildman–Crippen LogP) is 2.67. The lowest BCUT2D eigenvalue weighted by Gasteiger charge is -2.09. The van der Waals surface area contributed by atoms with Gasteiger partial charge in [0.25, 0.3) is 0 Å². The van der Waals surface area contributed by atoms with Crippen molar-refractivity contribution in [3.63, 3.8) is 0 Å². The van der Waals surface area contributed by atoms with Gasteiger partial charge in [-0.25, -0.2) is 17.7 Å². The van der Waals surface area contributed by atoms with Crippen molar-refractivity contribution in [1.82, 2.24) is 14.6 Å².